The molecule has 0 aliphatic carbocycles. The molecule has 2 heteroatoms. The van der Waals surface area contributed by atoms with E-state index in [9.17, 15) is 0 Å². The van der Waals surface area contributed by atoms with Gasteiger partial charge in [-0.15, -0.1) is 0 Å². The monoisotopic (exact) mass is 140 g/mol. The van der Waals surface area contributed by atoms with Gasteiger partial charge in [-0.3, -0.25) is 9.80 Å². The van der Waals surface area contributed by atoms with E-state index in [2.05, 4.69) is 30.7 Å². The Hall–Kier alpha value is -0.0800. The van der Waals surface area contributed by atoms with Crippen molar-refractivity contribution in [3.63, 3.8) is 0 Å². The zero-order chi connectivity index (χ0) is 7.30. The highest BCUT2D eigenvalue weighted by atomic mass is 15.5. The summed E-state index contributed by atoms with van der Waals surface area (Å²) >= 11 is 0. The van der Waals surface area contributed by atoms with Crippen LogP contribution in [0.3, 0.4) is 0 Å². The van der Waals surface area contributed by atoms with Gasteiger partial charge in [0, 0.05) is 19.1 Å². The second-order valence-corrected chi connectivity index (χ2v) is 3.93. The van der Waals surface area contributed by atoms with Gasteiger partial charge in [0.1, 0.15) is 0 Å². The molecule has 0 aromatic carbocycles. The summed E-state index contributed by atoms with van der Waals surface area (Å²) in [4.78, 5) is 4.98. The zero-order valence-corrected chi connectivity index (χ0v) is 7.04. The van der Waals surface area contributed by atoms with E-state index in [0.29, 0.717) is 0 Å². The van der Waals surface area contributed by atoms with E-state index in [1.165, 1.54) is 13.1 Å². The van der Waals surface area contributed by atoms with Crippen LogP contribution >= 0.6 is 0 Å². The molecule has 2 aliphatic heterocycles. The molecule has 0 bridgehead atoms. The Morgan fingerprint density at radius 1 is 1.30 bits per heavy atom. The van der Waals surface area contributed by atoms with Gasteiger partial charge < -0.3 is 0 Å². The molecule has 0 N–H and O–H groups in total. The van der Waals surface area contributed by atoms with E-state index in [4.69, 9.17) is 0 Å². The van der Waals surface area contributed by atoms with E-state index < -0.39 is 0 Å². The summed E-state index contributed by atoms with van der Waals surface area (Å²) in [6.07, 6.45) is 0.812. The topological polar surface area (TPSA) is 6.02 Å². The van der Waals surface area contributed by atoms with Crippen LogP contribution in [-0.4, -0.2) is 42.1 Å². The molecule has 4 unspecified atom stereocenters. The predicted molar refractivity (Wildman–Crippen MR) is 41.8 cm³/mol. The van der Waals surface area contributed by atoms with Crippen molar-refractivity contribution in [2.24, 2.45) is 5.92 Å². The number of nitrogens with zero attached hydrogens (tertiary/aromatic N) is 2. The highest BCUT2D eigenvalue weighted by Gasteiger charge is 2.49. The summed E-state index contributed by atoms with van der Waals surface area (Å²) in [7, 11) is 2.19. The summed E-state index contributed by atoms with van der Waals surface area (Å²) < 4.78 is 0. The maximum absolute atomic E-state index is 2.59. The highest BCUT2D eigenvalue weighted by Crippen LogP contribution is 2.34. The predicted octanol–water partition coefficient (Wildman–Crippen LogP) is 0.598. The SMILES string of the molecule is CC(C)C1CN1C1CN1C. The summed E-state index contributed by atoms with van der Waals surface area (Å²) in [5.41, 5.74) is 0. The molecular weight excluding hydrogens is 124 g/mol. The second kappa shape index (κ2) is 1.95. The first-order valence-electron chi connectivity index (χ1n) is 4.16. The van der Waals surface area contributed by atoms with E-state index in [1.807, 2.05) is 0 Å². The molecule has 2 aliphatic rings. The molecular formula is C8H16N2. The summed E-state index contributed by atoms with van der Waals surface area (Å²) in [5, 5.41) is 0. The third-order valence-corrected chi connectivity index (χ3v) is 2.67. The molecule has 2 rings (SSSR count). The van der Waals surface area contributed by atoms with Crippen LogP contribution in [-0.2, 0) is 0 Å². The first-order valence-corrected chi connectivity index (χ1v) is 4.16. The number of hydrogen-bond donors (Lipinski definition) is 0. The van der Waals surface area contributed by atoms with Crippen molar-refractivity contribution in [2.45, 2.75) is 26.1 Å². The Morgan fingerprint density at radius 2 is 1.90 bits per heavy atom. The average molecular weight is 140 g/mol. The van der Waals surface area contributed by atoms with Crippen LogP contribution in [0, 0.1) is 5.92 Å². The lowest BCUT2D eigenvalue weighted by Crippen LogP contribution is -2.13. The van der Waals surface area contributed by atoms with Crippen molar-refractivity contribution in [2.75, 3.05) is 20.1 Å². The summed E-state index contributed by atoms with van der Waals surface area (Å²) in [5.74, 6) is 0.856. The van der Waals surface area contributed by atoms with Crippen LogP contribution in [0.1, 0.15) is 13.8 Å². The molecule has 0 spiro atoms. The number of hydrogen-bond acceptors (Lipinski definition) is 2. The van der Waals surface area contributed by atoms with E-state index in [1.54, 1.807) is 0 Å². The molecule has 4 atom stereocenters. The second-order valence-electron chi connectivity index (χ2n) is 3.93. The summed E-state index contributed by atoms with van der Waals surface area (Å²) in [6, 6.07) is 0.898. The molecule has 2 fully saturated rings. The van der Waals surface area contributed by atoms with Crippen LogP contribution in [0.4, 0.5) is 0 Å². The van der Waals surface area contributed by atoms with Gasteiger partial charge in [0.15, 0.2) is 0 Å². The molecule has 58 valence electrons. The minimum atomic E-state index is 0.812. The molecule has 0 aromatic heterocycles. The summed E-state index contributed by atoms with van der Waals surface area (Å²) in [6.45, 7) is 7.26. The zero-order valence-electron chi connectivity index (χ0n) is 7.04. The van der Waals surface area contributed by atoms with Crippen molar-refractivity contribution in [1.29, 1.82) is 0 Å². The Labute approximate surface area is 62.8 Å². The lowest BCUT2D eigenvalue weighted by Gasteiger charge is -2.03. The first-order chi connectivity index (χ1) is 4.70. The molecule has 2 nitrogen and oxygen atoms in total. The van der Waals surface area contributed by atoms with Gasteiger partial charge in [0.2, 0.25) is 0 Å². The van der Waals surface area contributed by atoms with Gasteiger partial charge in [-0.25, -0.2) is 0 Å². The van der Waals surface area contributed by atoms with Crippen LogP contribution in [0.2, 0.25) is 0 Å². The van der Waals surface area contributed by atoms with Crippen molar-refractivity contribution in [3.8, 4) is 0 Å². The van der Waals surface area contributed by atoms with Gasteiger partial charge in [-0.05, 0) is 13.0 Å². The smallest absolute Gasteiger partial charge is 0.0756 e. The van der Waals surface area contributed by atoms with Crippen molar-refractivity contribution >= 4 is 0 Å². The third-order valence-electron chi connectivity index (χ3n) is 2.67. The normalized spacial score (nSPS) is 51.6. The van der Waals surface area contributed by atoms with Crippen molar-refractivity contribution in [1.82, 2.24) is 9.80 Å². The Kier molecular flexibility index (Phi) is 1.29. The molecule has 0 radical (unpaired) electrons. The minimum absolute atomic E-state index is 0.812. The average Bonchev–Trinajstić information content (AvgIpc) is 2.57. The maximum atomic E-state index is 2.59. The molecule has 0 saturated carbocycles. The van der Waals surface area contributed by atoms with E-state index >= 15 is 0 Å². The molecule has 2 heterocycles. The molecule has 10 heavy (non-hydrogen) atoms. The quantitative estimate of drug-likeness (QED) is 0.518. The number of rotatable bonds is 2. The fourth-order valence-electron chi connectivity index (χ4n) is 1.67. The molecule has 2 saturated heterocycles. The third kappa shape index (κ3) is 0.956. The Balaban J connectivity index is 1.80. The lowest BCUT2D eigenvalue weighted by molar-refractivity contribution is 0.378. The van der Waals surface area contributed by atoms with E-state index in [0.717, 1.165) is 18.1 Å². The van der Waals surface area contributed by atoms with Crippen LogP contribution in [0.5, 0.6) is 0 Å². The highest BCUT2D eigenvalue weighted by molar-refractivity contribution is 5.01. The minimum Gasteiger partial charge on any atom is -0.287 e. The largest absolute Gasteiger partial charge is 0.287 e. The fraction of sp³-hybridized carbons (Fsp3) is 1.00. The fourth-order valence-corrected chi connectivity index (χ4v) is 1.67. The van der Waals surface area contributed by atoms with Gasteiger partial charge in [0.05, 0.1) is 6.17 Å². The van der Waals surface area contributed by atoms with E-state index in [-0.39, 0.29) is 0 Å². The maximum Gasteiger partial charge on any atom is 0.0756 e. The Morgan fingerprint density at radius 3 is 2.20 bits per heavy atom. The van der Waals surface area contributed by atoms with Gasteiger partial charge in [-0.2, -0.15) is 0 Å². The molecule has 0 aromatic rings. The first kappa shape index (κ1) is 6.62. The van der Waals surface area contributed by atoms with Gasteiger partial charge >= 0.3 is 0 Å². The molecule has 0 amide bonds. The van der Waals surface area contributed by atoms with Gasteiger partial charge in [0.25, 0.3) is 0 Å². The van der Waals surface area contributed by atoms with Crippen molar-refractivity contribution < 1.29 is 0 Å². The van der Waals surface area contributed by atoms with Crippen LogP contribution < -0.4 is 0 Å². The lowest BCUT2D eigenvalue weighted by atomic mass is 10.1. The van der Waals surface area contributed by atoms with Crippen LogP contribution in [0.25, 0.3) is 0 Å². The van der Waals surface area contributed by atoms with Crippen LogP contribution in [0.15, 0.2) is 0 Å². The van der Waals surface area contributed by atoms with Crippen molar-refractivity contribution in [3.05, 3.63) is 0 Å². The standard InChI is InChI=1S/C8H16N2/c1-6(2)7-4-10(7)8-5-9(8)3/h6-8H,4-5H2,1-3H3. The Bertz CT molecular complexity index is 144. The van der Waals surface area contributed by atoms with Gasteiger partial charge in [-0.1, -0.05) is 13.8 Å². The number of likely N-dealkylation sites (N-methyl/N-ethyl adjacent to an activating group) is 1.